The van der Waals surface area contributed by atoms with Crippen molar-refractivity contribution < 1.29 is 4.79 Å². The van der Waals surface area contributed by atoms with Gasteiger partial charge in [0.25, 0.3) is 5.91 Å². The Bertz CT molecular complexity index is 1610. The largest absolute Gasteiger partial charge is 0.354 e. The Labute approximate surface area is 228 Å². The zero-order chi connectivity index (χ0) is 26.8. The molecule has 0 radical (unpaired) electrons. The van der Waals surface area contributed by atoms with E-state index in [0.717, 1.165) is 70.3 Å². The number of carbonyl (C=O) groups is 1. The summed E-state index contributed by atoms with van der Waals surface area (Å²) in [6.07, 6.45) is 1.50. The molecule has 1 fully saturated rings. The van der Waals surface area contributed by atoms with Crippen LogP contribution in [0.25, 0.3) is 16.7 Å². The number of carbonyl (C=O) groups excluding carboxylic acids is 1. The van der Waals surface area contributed by atoms with Gasteiger partial charge in [0.2, 0.25) is 0 Å². The SMILES string of the molecule is Cc1ccccc1C(=O)N1CCCN(c2nc(Cc3ccccc3)nc3c2c(C)nn3-c2ccccc2)CC1. The summed E-state index contributed by atoms with van der Waals surface area (Å²) in [6, 6.07) is 28.3. The van der Waals surface area contributed by atoms with E-state index < -0.39 is 0 Å². The number of hydrogen-bond donors (Lipinski definition) is 0. The highest BCUT2D eigenvalue weighted by Gasteiger charge is 2.26. The van der Waals surface area contributed by atoms with Gasteiger partial charge < -0.3 is 9.80 Å². The molecule has 3 aromatic carbocycles. The van der Waals surface area contributed by atoms with Gasteiger partial charge in [0.15, 0.2) is 5.65 Å². The minimum atomic E-state index is 0.0978. The molecule has 196 valence electrons. The number of hydrogen-bond acceptors (Lipinski definition) is 5. The summed E-state index contributed by atoms with van der Waals surface area (Å²) in [5.41, 5.74) is 5.63. The normalized spacial score (nSPS) is 14.0. The molecule has 2 aromatic heterocycles. The average Bonchev–Trinajstić information content (AvgIpc) is 3.13. The van der Waals surface area contributed by atoms with Gasteiger partial charge in [-0.05, 0) is 49.6 Å². The van der Waals surface area contributed by atoms with Crippen molar-refractivity contribution >= 4 is 22.8 Å². The monoisotopic (exact) mass is 516 g/mol. The van der Waals surface area contributed by atoms with Gasteiger partial charge in [0.05, 0.1) is 16.8 Å². The van der Waals surface area contributed by atoms with Crippen LogP contribution in [0.2, 0.25) is 0 Å². The molecule has 7 nitrogen and oxygen atoms in total. The number of anilines is 1. The smallest absolute Gasteiger partial charge is 0.254 e. The standard InChI is InChI=1S/C32H32N6O/c1-23-12-9-10-17-27(23)32(39)37-19-11-18-36(20-21-37)30-29-24(2)35-38(26-15-7-4-8-16-26)31(29)34-28(33-30)22-25-13-5-3-6-14-25/h3-10,12-17H,11,18-22H2,1-2H3. The van der Waals surface area contributed by atoms with Crippen molar-refractivity contribution in [3.8, 4) is 5.69 Å². The van der Waals surface area contributed by atoms with Crippen LogP contribution in [0.3, 0.4) is 0 Å². The van der Waals surface area contributed by atoms with Crippen LogP contribution in [-0.4, -0.2) is 56.7 Å². The van der Waals surface area contributed by atoms with E-state index in [1.807, 2.05) is 96.2 Å². The summed E-state index contributed by atoms with van der Waals surface area (Å²) in [4.78, 5) is 27.8. The summed E-state index contributed by atoms with van der Waals surface area (Å²) in [6.45, 7) is 6.89. The molecule has 0 unspecified atom stereocenters. The van der Waals surface area contributed by atoms with Gasteiger partial charge in [0, 0.05) is 38.2 Å². The van der Waals surface area contributed by atoms with E-state index in [1.165, 1.54) is 0 Å². The third kappa shape index (κ3) is 5.00. The Morgan fingerprint density at radius 2 is 1.51 bits per heavy atom. The number of benzene rings is 3. The number of aromatic nitrogens is 4. The second-order valence-corrected chi connectivity index (χ2v) is 10.1. The molecule has 7 heteroatoms. The summed E-state index contributed by atoms with van der Waals surface area (Å²) < 4.78 is 1.93. The van der Waals surface area contributed by atoms with E-state index in [4.69, 9.17) is 15.1 Å². The molecule has 39 heavy (non-hydrogen) atoms. The first-order chi connectivity index (χ1) is 19.1. The Balaban J connectivity index is 1.38. The molecule has 1 amide bonds. The van der Waals surface area contributed by atoms with Crippen molar-refractivity contribution in [1.29, 1.82) is 0 Å². The number of amides is 1. The Morgan fingerprint density at radius 1 is 0.795 bits per heavy atom. The van der Waals surface area contributed by atoms with E-state index in [-0.39, 0.29) is 5.91 Å². The molecule has 0 atom stereocenters. The quantitative estimate of drug-likeness (QED) is 0.314. The number of fused-ring (bicyclic) bond motifs is 1. The predicted molar refractivity (Wildman–Crippen MR) is 155 cm³/mol. The number of aryl methyl sites for hydroxylation is 2. The topological polar surface area (TPSA) is 67.2 Å². The molecule has 0 aliphatic carbocycles. The summed E-state index contributed by atoms with van der Waals surface area (Å²) in [5.74, 6) is 1.76. The fourth-order valence-electron chi connectivity index (χ4n) is 5.36. The van der Waals surface area contributed by atoms with Crippen molar-refractivity contribution in [2.75, 3.05) is 31.1 Å². The maximum absolute atomic E-state index is 13.4. The van der Waals surface area contributed by atoms with Crippen LogP contribution in [-0.2, 0) is 6.42 Å². The average molecular weight is 517 g/mol. The van der Waals surface area contributed by atoms with Crippen LogP contribution in [0, 0.1) is 13.8 Å². The molecule has 1 saturated heterocycles. The van der Waals surface area contributed by atoms with E-state index in [1.54, 1.807) is 0 Å². The Kier molecular flexibility index (Phi) is 6.80. The molecule has 0 bridgehead atoms. The van der Waals surface area contributed by atoms with Gasteiger partial charge >= 0.3 is 0 Å². The maximum Gasteiger partial charge on any atom is 0.254 e. The highest BCUT2D eigenvalue weighted by atomic mass is 16.2. The van der Waals surface area contributed by atoms with E-state index in [9.17, 15) is 4.79 Å². The molecular weight excluding hydrogens is 484 g/mol. The first-order valence-electron chi connectivity index (χ1n) is 13.5. The summed E-state index contributed by atoms with van der Waals surface area (Å²) >= 11 is 0. The number of para-hydroxylation sites is 1. The minimum Gasteiger partial charge on any atom is -0.354 e. The first kappa shape index (κ1) is 24.8. The molecule has 1 aliphatic rings. The predicted octanol–water partition coefficient (Wildman–Crippen LogP) is 5.38. The number of nitrogens with zero attached hydrogens (tertiary/aromatic N) is 6. The molecule has 0 N–H and O–H groups in total. The van der Waals surface area contributed by atoms with Crippen molar-refractivity contribution in [1.82, 2.24) is 24.6 Å². The second-order valence-electron chi connectivity index (χ2n) is 10.1. The lowest BCUT2D eigenvalue weighted by atomic mass is 10.1. The third-order valence-electron chi connectivity index (χ3n) is 7.39. The van der Waals surface area contributed by atoms with Gasteiger partial charge in [-0.2, -0.15) is 5.10 Å². The highest BCUT2D eigenvalue weighted by Crippen LogP contribution is 2.30. The highest BCUT2D eigenvalue weighted by molar-refractivity contribution is 5.96. The van der Waals surface area contributed by atoms with Crippen molar-refractivity contribution in [3.05, 3.63) is 113 Å². The van der Waals surface area contributed by atoms with Crippen LogP contribution in [0.5, 0.6) is 0 Å². The van der Waals surface area contributed by atoms with E-state index >= 15 is 0 Å². The Hall–Kier alpha value is -4.52. The van der Waals surface area contributed by atoms with Gasteiger partial charge in [-0.15, -0.1) is 0 Å². The van der Waals surface area contributed by atoms with Crippen molar-refractivity contribution in [3.63, 3.8) is 0 Å². The second kappa shape index (κ2) is 10.7. The fourth-order valence-corrected chi connectivity index (χ4v) is 5.36. The molecule has 5 aromatic rings. The van der Waals surface area contributed by atoms with Crippen LogP contribution in [0.1, 0.15) is 39.4 Å². The minimum absolute atomic E-state index is 0.0978. The molecule has 0 saturated carbocycles. The lowest BCUT2D eigenvalue weighted by Crippen LogP contribution is -2.35. The zero-order valence-electron chi connectivity index (χ0n) is 22.4. The first-order valence-corrected chi connectivity index (χ1v) is 13.5. The molecule has 0 spiro atoms. The molecule has 3 heterocycles. The molecule has 1 aliphatic heterocycles. The van der Waals surface area contributed by atoms with Crippen LogP contribution >= 0.6 is 0 Å². The lowest BCUT2D eigenvalue weighted by molar-refractivity contribution is 0.0766. The van der Waals surface area contributed by atoms with E-state index in [2.05, 4.69) is 17.0 Å². The van der Waals surface area contributed by atoms with E-state index in [0.29, 0.717) is 19.5 Å². The Morgan fingerprint density at radius 3 is 2.28 bits per heavy atom. The van der Waals surface area contributed by atoms with Gasteiger partial charge in [-0.3, -0.25) is 4.79 Å². The summed E-state index contributed by atoms with van der Waals surface area (Å²) in [7, 11) is 0. The third-order valence-corrected chi connectivity index (χ3v) is 7.39. The molecule has 6 rings (SSSR count). The molecular formula is C32H32N6O. The van der Waals surface area contributed by atoms with Gasteiger partial charge in [-0.1, -0.05) is 66.7 Å². The zero-order valence-corrected chi connectivity index (χ0v) is 22.4. The van der Waals surface area contributed by atoms with Gasteiger partial charge in [0.1, 0.15) is 11.6 Å². The van der Waals surface area contributed by atoms with Crippen LogP contribution < -0.4 is 4.90 Å². The van der Waals surface area contributed by atoms with Gasteiger partial charge in [-0.25, -0.2) is 14.6 Å². The van der Waals surface area contributed by atoms with Crippen LogP contribution in [0.4, 0.5) is 5.82 Å². The van der Waals surface area contributed by atoms with Crippen LogP contribution in [0.15, 0.2) is 84.9 Å². The summed E-state index contributed by atoms with van der Waals surface area (Å²) in [5, 5.41) is 5.87. The number of rotatable bonds is 5. The lowest BCUT2D eigenvalue weighted by Gasteiger charge is -2.24. The van der Waals surface area contributed by atoms with Crippen molar-refractivity contribution in [2.24, 2.45) is 0 Å². The maximum atomic E-state index is 13.4. The fraction of sp³-hybridized carbons (Fsp3) is 0.250. The van der Waals surface area contributed by atoms with Crippen molar-refractivity contribution in [2.45, 2.75) is 26.7 Å².